The highest BCUT2D eigenvalue weighted by atomic mass is 16.5. The summed E-state index contributed by atoms with van der Waals surface area (Å²) in [5.41, 5.74) is 7.30. The molecule has 2 N–H and O–H groups in total. The largest absolute Gasteiger partial charge is 0.494 e. The van der Waals surface area contributed by atoms with Gasteiger partial charge in [0.15, 0.2) is 0 Å². The first-order valence-corrected chi connectivity index (χ1v) is 7.73. The molecule has 0 aliphatic heterocycles. The fourth-order valence-electron chi connectivity index (χ4n) is 2.07. The van der Waals surface area contributed by atoms with Crippen molar-refractivity contribution in [1.29, 1.82) is 0 Å². The number of ether oxygens (including phenoxy) is 1. The predicted octanol–water partition coefficient (Wildman–Crippen LogP) is 4.32. The number of nitrogens with two attached hydrogens (primary N) is 1. The minimum Gasteiger partial charge on any atom is -0.494 e. The molecule has 0 amide bonds. The first-order chi connectivity index (χ1) is 9.26. The van der Waals surface area contributed by atoms with Crippen molar-refractivity contribution in [2.75, 3.05) is 6.61 Å². The Kier molecular flexibility index (Phi) is 8.31. The Hall–Kier alpha value is -1.02. The molecular weight excluding hydrogens is 234 g/mol. The molecule has 0 fully saturated rings. The maximum absolute atomic E-state index is 5.92. The Bertz CT molecular complexity index is 321. The zero-order valence-corrected chi connectivity index (χ0v) is 12.5. The maximum atomic E-state index is 5.92. The predicted molar refractivity (Wildman–Crippen MR) is 82.7 cm³/mol. The molecule has 0 spiro atoms. The lowest BCUT2D eigenvalue weighted by Crippen LogP contribution is -2.18. The Morgan fingerprint density at radius 2 is 1.79 bits per heavy atom. The molecule has 0 heterocycles. The summed E-state index contributed by atoms with van der Waals surface area (Å²) in [5.74, 6) is 0.991. The third-order valence-electron chi connectivity index (χ3n) is 3.50. The van der Waals surface area contributed by atoms with Gasteiger partial charge in [0, 0.05) is 6.04 Å². The van der Waals surface area contributed by atoms with Crippen LogP contribution in [0.4, 0.5) is 0 Å². The van der Waals surface area contributed by atoms with Crippen LogP contribution in [0.1, 0.15) is 57.9 Å². The van der Waals surface area contributed by atoms with Gasteiger partial charge in [0.2, 0.25) is 0 Å². The van der Waals surface area contributed by atoms with Gasteiger partial charge in [0.1, 0.15) is 5.75 Å². The molecular formula is C17H29NO. The highest BCUT2D eigenvalue weighted by molar-refractivity contribution is 5.27. The van der Waals surface area contributed by atoms with Crippen molar-refractivity contribution < 1.29 is 4.74 Å². The van der Waals surface area contributed by atoms with E-state index in [4.69, 9.17) is 10.5 Å². The molecule has 108 valence electrons. The van der Waals surface area contributed by atoms with E-state index >= 15 is 0 Å². The van der Waals surface area contributed by atoms with Gasteiger partial charge < -0.3 is 10.5 Å². The first-order valence-electron chi connectivity index (χ1n) is 7.73. The maximum Gasteiger partial charge on any atom is 0.119 e. The van der Waals surface area contributed by atoms with Crippen molar-refractivity contribution in [3.05, 3.63) is 29.8 Å². The van der Waals surface area contributed by atoms with Crippen LogP contribution in [0.2, 0.25) is 0 Å². The van der Waals surface area contributed by atoms with Gasteiger partial charge in [0.25, 0.3) is 0 Å². The monoisotopic (exact) mass is 263 g/mol. The van der Waals surface area contributed by atoms with E-state index in [1.165, 1.54) is 24.8 Å². The summed E-state index contributed by atoms with van der Waals surface area (Å²) in [6, 6.07) is 8.88. The molecule has 0 aliphatic rings. The molecule has 0 saturated heterocycles. The molecule has 1 rings (SSSR count). The van der Waals surface area contributed by atoms with E-state index in [2.05, 4.69) is 38.1 Å². The molecule has 1 aromatic carbocycles. The minimum absolute atomic E-state index is 0.362. The zero-order chi connectivity index (χ0) is 13.9. The van der Waals surface area contributed by atoms with Crippen LogP contribution in [0.15, 0.2) is 24.3 Å². The number of hydrogen-bond acceptors (Lipinski definition) is 2. The van der Waals surface area contributed by atoms with Gasteiger partial charge in [-0.3, -0.25) is 0 Å². The van der Waals surface area contributed by atoms with Crippen LogP contribution in [0, 0.1) is 0 Å². The van der Waals surface area contributed by atoms with Gasteiger partial charge in [-0.25, -0.2) is 0 Å². The molecule has 1 atom stereocenters. The summed E-state index contributed by atoms with van der Waals surface area (Å²) < 4.78 is 5.70. The van der Waals surface area contributed by atoms with Gasteiger partial charge in [-0.15, -0.1) is 0 Å². The van der Waals surface area contributed by atoms with Gasteiger partial charge in [0.05, 0.1) is 6.61 Å². The van der Waals surface area contributed by atoms with E-state index < -0.39 is 0 Å². The van der Waals surface area contributed by atoms with Crippen LogP contribution in [0.25, 0.3) is 0 Å². The van der Waals surface area contributed by atoms with Crippen molar-refractivity contribution in [3.8, 4) is 5.75 Å². The van der Waals surface area contributed by atoms with Crippen molar-refractivity contribution in [1.82, 2.24) is 0 Å². The highest BCUT2D eigenvalue weighted by Gasteiger charge is 2.00. The molecule has 0 aromatic heterocycles. The standard InChI is InChI=1S/C17H29NO/c1-3-5-6-14-19-17-12-10-15(11-13-17)8-7-9-16(18)4-2/h10-13,16H,3-9,14,18H2,1-2H3. The van der Waals surface area contributed by atoms with Crippen LogP contribution in [-0.2, 0) is 6.42 Å². The van der Waals surface area contributed by atoms with Crippen molar-refractivity contribution in [3.63, 3.8) is 0 Å². The first kappa shape index (κ1) is 16.0. The van der Waals surface area contributed by atoms with Crippen LogP contribution in [-0.4, -0.2) is 12.6 Å². The Morgan fingerprint density at radius 3 is 2.42 bits per heavy atom. The summed E-state index contributed by atoms with van der Waals surface area (Å²) in [4.78, 5) is 0. The molecule has 0 aliphatic carbocycles. The zero-order valence-electron chi connectivity index (χ0n) is 12.5. The summed E-state index contributed by atoms with van der Waals surface area (Å²) >= 11 is 0. The smallest absolute Gasteiger partial charge is 0.119 e. The van der Waals surface area contributed by atoms with Crippen LogP contribution >= 0.6 is 0 Å². The van der Waals surface area contributed by atoms with Gasteiger partial charge in [-0.05, 0) is 49.8 Å². The molecule has 2 heteroatoms. The summed E-state index contributed by atoms with van der Waals surface area (Å²) in [6.07, 6.45) is 8.11. The second kappa shape index (κ2) is 9.85. The molecule has 0 bridgehead atoms. The lowest BCUT2D eigenvalue weighted by atomic mass is 10.0. The van der Waals surface area contributed by atoms with E-state index in [1.54, 1.807) is 0 Å². The average molecular weight is 263 g/mol. The Balaban J connectivity index is 2.23. The second-order valence-corrected chi connectivity index (χ2v) is 5.26. The number of hydrogen-bond donors (Lipinski definition) is 1. The number of aryl methyl sites for hydroxylation is 1. The quantitative estimate of drug-likeness (QED) is 0.638. The fourth-order valence-corrected chi connectivity index (χ4v) is 2.07. The van der Waals surface area contributed by atoms with Crippen LogP contribution < -0.4 is 10.5 Å². The van der Waals surface area contributed by atoms with E-state index in [-0.39, 0.29) is 0 Å². The van der Waals surface area contributed by atoms with Gasteiger partial charge in [-0.1, -0.05) is 38.8 Å². The molecule has 2 nitrogen and oxygen atoms in total. The lowest BCUT2D eigenvalue weighted by molar-refractivity contribution is 0.306. The van der Waals surface area contributed by atoms with E-state index in [0.29, 0.717) is 6.04 Å². The van der Waals surface area contributed by atoms with Gasteiger partial charge in [-0.2, -0.15) is 0 Å². The third-order valence-corrected chi connectivity index (χ3v) is 3.50. The summed E-state index contributed by atoms with van der Waals surface area (Å²) in [6.45, 7) is 5.19. The van der Waals surface area contributed by atoms with Gasteiger partial charge >= 0.3 is 0 Å². The molecule has 0 radical (unpaired) electrons. The molecule has 0 saturated carbocycles. The van der Waals surface area contributed by atoms with E-state index in [1.807, 2.05) is 0 Å². The molecule has 19 heavy (non-hydrogen) atoms. The summed E-state index contributed by atoms with van der Waals surface area (Å²) in [5, 5.41) is 0. The Labute approximate surface area is 118 Å². The summed E-state index contributed by atoms with van der Waals surface area (Å²) in [7, 11) is 0. The SMILES string of the molecule is CCCCCOc1ccc(CCCC(N)CC)cc1. The average Bonchev–Trinajstić information content (AvgIpc) is 2.45. The van der Waals surface area contributed by atoms with Crippen molar-refractivity contribution in [2.45, 2.75) is 64.8 Å². The molecule has 1 aromatic rings. The van der Waals surface area contributed by atoms with Crippen molar-refractivity contribution in [2.24, 2.45) is 5.73 Å². The second-order valence-electron chi connectivity index (χ2n) is 5.26. The third kappa shape index (κ3) is 7.22. The van der Waals surface area contributed by atoms with Crippen molar-refractivity contribution >= 4 is 0 Å². The Morgan fingerprint density at radius 1 is 1.05 bits per heavy atom. The highest BCUT2D eigenvalue weighted by Crippen LogP contribution is 2.15. The fraction of sp³-hybridized carbons (Fsp3) is 0.647. The number of rotatable bonds is 10. The van der Waals surface area contributed by atoms with E-state index in [0.717, 1.165) is 38.0 Å². The molecule has 1 unspecified atom stereocenters. The normalized spacial score (nSPS) is 12.4. The lowest BCUT2D eigenvalue weighted by Gasteiger charge is -2.09. The van der Waals surface area contributed by atoms with Crippen LogP contribution in [0.5, 0.6) is 5.75 Å². The number of benzene rings is 1. The van der Waals surface area contributed by atoms with E-state index in [9.17, 15) is 0 Å². The topological polar surface area (TPSA) is 35.2 Å². The number of unbranched alkanes of at least 4 members (excludes halogenated alkanes) is 2. The minimum atomic E-state index is 0.362. The van der Waals surface area contributed by atoms with Crippen LogP contribution in [0.3, 0.4) is 0 Å².